The highest BCUT2D eigenvalue weighted by atomic mass is 16.5. The first-order chi connectivity index (χ1) is 13.7. The summed E-state index contributed by atoms with van der Waals surface area (Å²) in [6.07, 6.45) is 4.62. The predicted octanol–water partition coefficient (Wildman–Crippen LogP) is 2.40. The van der Waals surface area contributed by atoms with Crippen LogP contribution in [0.5, 0.6) is 5.75 Å². The first kappa shape index (κ1) is 20.3. The normalized spacial score (nSPS) is 17.0. The predicted molar refractivity (Wildman–Crippen MR) is 106 cm³/mol. The van der Waals surface area contributed by atoms with E-state index in [1.807, 2.05) is 24.3 Å². The topological polar surface area (TPSA) is 80.5 Å². The van der Waals surface area contributed by atoms with Crippen molar-refractivity contribution in [2.24, 2.45) is 0 Å². The molecule has 1 aromatic carbocycles. The quantitative estimate of drug-likeness (QED) is 0.675. The molecular weight excluding hydrogens is 356 g/mol. The molecule has 0 spiro atoms. The summed E-state index contributed by atoms with van der Waals surface area (Å²) in [4.78, 5) is 14.5. The Morgan fingerprint density at radius 2 is 2.04 bits per heavy atom. The third-order valence-electron chi connectivity index (χ3n) is 5.32. The lowest BCUT2D eigenvalue weighted by Gasteiger charge is -2.22. The second kappa shape index (κ2) is 10.2. The van der Waals surface area contributed by atoms with Gasteiger partial charge in [0.05, 0.1) is 7.11 Å². The van der Waals surface area contributed by atoms with Crippen LogP contribution in [0.15, 0.2) is 28.7 Å². The molecule has 1 aliphatic heterocycles. The number of carbonyl (C=O) groups is 1. The van der Waals surface area contributed by atoms with Gasteiger partial charge < -0.3 is 14.5 Å². The van der Waals surface area contributed by atoms with E-state index in [9.17, 15) is 4.79 Å². The fourth-order valence-corrected chi connectivity index (χ4v) is 3.72. The number of carbonyl (C=O) groups excluding carboxylic acids is 1. The standard InChI is InChI=1S/C21H30N4O3/c1-3-25-14-6-8-17(25)15-22-19(26)11-13-21-24-23-20(28-21)12-10-16-7-4-5-9-18(16)27-2/h4-5,7,9,17H,3,6,8,10-15H2,1-2H3,(H,22,26)/t17-/m1/s1. The van der Waals surface area contributed by atoms with Crippen molar-refractivity contribution in [2.75, 3.05) is 26.7 Å². The molecule has 1 fully saturated rings. The molecular formula is C21H30N4O3. The Morgan fingerprint density at radius 3 is 2.82 bits per heavy atom. The molecule has 1 aliphatic rings. The zero-order chi connectivity index (χ0) is 19.8. The van der Waals surface area contributed by atoms with Crippen LogP contribution < -0.4 is 10.1 Å². The largest absolute Gasteiger partial charge is 0.496 e. The highest BCUT2D eigenvalue weighted by Gasteiger charge is 2.23. The van der Waals surface area contributed by atoms with E-state index in [1.54, 1.807) is 7.11 Å². The molecule has 0 aliphatic carbocycles. The van der Waals surface area contributed by atoms with Crippen molar-refractivity contribution < 1.29 is 13.9 Å². The highest BCUT2D eigenvalue weighted by molar-refractivity contribution is 5.76. The van der Waals surface area contributed by atoms with Gasteiger partial charge in [-0.2, -0.15) is 0 Å². The molecule has 7 heteroatoms. The van der Waals surface area contributed by atoms with Crippen LogP contribution in [-0.4, -0.2) is 53.8 Å². The molecule has 0 unspecified atom stereocenters. The number of aromatic nitrogens is 2. The van der Waals surface area contributed by atoms with E-state index < -0.39 is 0 Å². The maximum atomic E-state index is 12.1. The molecule has 0 radical (unpaired) electrons. The first-order valence-corrected chi connectivity index (χ1v) is 10.1. The second-order valence-corrected chi connectivity index (χ2v) is 7.13. The number of hydrogen-bond donors (Lipinski definition) is 1. The van der Waals surface area contributed by atoms with Gasteiger partial charge >= 0.3 is 0 Å². The lowest BCUT2D eigenvalue weighted by Crippen LogP contribution is -2.40. The van der Waals surface area contributed by atoms with E-state index in [0.29, 0.717) is 37.1 Å². The maximum absolute atomic E-state index is 12.1. The molecule has 1 aromatic heterocycles. The monoisotopic (exact) mass is 386 g/mol. The van der Waals surface area contributed by atoms with Gasteiger partial charge in [0.1, 0.15) is 5.75 Å². The number of nitrogens with one attached hydrogen (secondary N) is 1. The van der Waals surface area contributed by atoms with Crippen LogP contribution in [0, 0.1) is 0 Å². The van der Waals surface area contributed by atoms with Gasteiger partial charge in [-0.05, 0) is 44.0 Å². The first-order valence-electron chi connectivity index (χ1n) is 10.1. The smallest absolute Gasteiger partial charge is 0.220 e. The molecule has 28 heavy (non-hydrogen) atoms. The molecule has 2 aromatic rings. The number of nitrogens with zero attached hydrogens (tertiary/aromatic N) is 3. The van der Waals surface area contributed by atoms with E-state index in [2.05, 4.69) is 27.3 Å². The van der Waals surface area contributed by atoms with Gasteiger partial charge in [0.2, 0.25) is 17.7 Å². The number of hydrogen-bond acceptors (Lipinski definition) is 6. The van der Waals surface area contributed by atoms with Gasteiger partial charge in [0.25, 0.3) is 0 Å². The second-order valence-electron chi connectivity index (χ2n) is 7.13. The average Bonchev–Trinajstić information content (AvgIpc) is 3.38. The minimum absolute atomic E-state index is 0.0386. The van der Waals surface area contributed by atoms with E-state index >= 15 is 0 Å². The summed E-state index contributed by atoms with van der Waals surface area (Å²) >= 11 is 0. The summed E-state index contributed by atoms with van der Waals surface area (Å²) in [7, 11) is 1.67. The highest BCUT2D eigenvalue weighted by Crippen LogP contribution is 2.19. The van der Waals surface area contributed by atoms with Crippen molar-refractivity contribution in [1.29, 1.82) is 0 Å². The van der Waals surface area contributed by atoms with Crippen molar-refractivity contribution in [3.8, 4) is 5.75 Å². The molecule has 3 rings (SSSR count). The Hall–Kier alpha value is -2.41. The number of ether oxygens (including phenoxy) is 1. The summed E-state index contributed by atoms with van der Waals surface area (Å²) in [6, 6.07) is 8.38. The molecule has 7 nitrogen and oxygen atoms in total. The van der Waals surface area contributed by atoms with Crippen LogP contribution >= 0.6 is 0 Å². The van der Waals surface area contributed by atoms with Crippen molar-refractivity contribution in [3.63, 3.8) is 0 Å². The third kappa shape index (κ3) is 5.55. The van der Waals surface area contributed by atoms with Gasteiger partial charge in [0, 0.05) is 31.8 Å². The molecule has 0 saturated carbocycles. The van der Waals surface area contributed by atoms with Crippen molar-refractivity contribution >= 4 is 5.91 Å². The van der Waals surface area contributed by atoms with Crippen molar-refractivity contribution in [2.45, 2.75) is 51.5 Å². The molecule has 1 atom stereocenters. The summed E-state index contributed by atoms with van der Waals surface area (Å²) in [5.74, 6) is 2.01. The van der Waals surface area contributed by atoms with Crippen LogP contribution in [0.1, 0.15) is 43.5 Å². The van der Waals surface area contributed by atoms with Crippen molar-refractivity contribution in [3.05, 3.63) is 41.6 Å². The minimum atomic E-state index is 0.0386. The van der Waals surface area contributed by atoms with Gasteiger partial charge in [-0.1, -0.05) is 25.1 Å². The van der Waals surface area contributed by atoms with Crippen LogP contribution in [0.3, 0.4) is 0 Å². The van der Waals surface area contributed by atoms with Gasteiger partial charge in [-0.15, -0.1) is 10.2 Å². The van der Waals surface area contributed by atoms with Gasteiger partial charge in [0.15, 0.2) is 0 Å². The summed E-state index contributed by atoms with van der Waals surface area (Å²) in [5.41, 5.74) is 1.11. The number of para-hydroxylation sites is 1. The zero-order valence-corrected chi connectivity index (χ0v) is 16.8. The number of likely N-dealkylation sites (tertiary alicyclic amines) is 1. The molecule has 1 N–H and O–H groups in total. The molecule has 1 saturated heterocycles. The lowest BCUT2D eigenvalue weighted by molar-refractivity contribution is -0.121. The summed E-state index contributed by atoms with van der Waals surface area (Å²) in [5, 5.41) is 11.2. The molecule has 1 amide bonds. The summed E-state index contributed by atoms with van der Waals surface area (Å²) < 4.78 is 11.1. The number of rotatable bonds is 10. The van der Waals surface area contributed by atoms with E-state index in [4.69, 9.17) is 9.15 Å². The fourth-order valence-electron chi connectivity index (χ4n) is 3.72. The van der Waals surface area contributed by atoms with E-state index in [1.165, 1.54) is 6.42 Å². The lowest BCUT2D eigenvalue weighted by atomic mass is 10.1. The van der Waals surface area contributed by atoms with Gasteiger partial charge in [-0.3, -0.25) is 9.69 Å². The number of amides is 1. The molecule has 0 bridgehead atoms. The van der Waals surface area contributed by atoms with Crippen molar-refractivity contribution in [1.82, 2.24) is 20.4 Å². The number of likely N-dealkylation sites (N-methyl/N-ethyl adjacent to an activating group) is 1. The Bertz CT molecular complexity index is 762. The Balaban J connectivity index is 1.40. The zero-order valence-electron chi connectivity index (χ0n) is 16.8. The van der Waals surface area contributed by atoms with Crippen LogP contribution in [0.2, 0.25) is 0 Å². The van der Waals surface area contributed by atoms with E-state index in [0.717, 1.165) is 43.8 Å². The minimum Gasteiger partial charge on any atom is -0.496 e. The van der Waals surface area contributed by atoms with Crippen LogP contribution in [-0.2, 0) is 24.1 Å². The third-order valence-corrected chi connectivity index (χ3v) is 5.32. The Kier molecular flexibility index (Phi) is 7.42. The van der Waals surface area contributed by atoms with E-state index in [-0.39, 0.29) is 5.91 Å². The number of methoxy groups -OCH3 is 1. The van der Waals surface area contributed by atoms with Crippen LogP contribution in [0.4, 0.5) is 0 Å². The summed E-state index contributed by atoms with van der Waals surface area (Å²) in [6.45, 7) is 5.07. The average molecular weight is 386 g/mol. The maximum Gasteiger partial charge on any atom is 0.220 e. The Labute approximate surface area is 166 Å². The number of benzene rings is 1. The Morgan fingerprint density at radius 1 is 1.25 bits per heavy atom. The molecule has 2 heterocycles. The van der Waals surface area contributed by atoms with Crippen LogP contribution in [0.25, 0.3) is 0 Å². The molecule has 152 valence electrons. The fraction of sp³-hybridized carbons (Fsp3) is 0.571. The number of aryl methyl sites for hydroxylation is 3. The van der Waals surface area contributed by atoms with Gasteiger partial charge in [-0.25, -0.2) is 0 Å². The SMILES string of the molecule is CCN1CCC[C@@H]1CNC(=O)CCc1nnc(CCc2ccccc2OC)o1.